The molecule has 0 bridgehead atoms. The summed E-state index contributed by atoms with van der Waals surface area (Å²) in [4.78, 5) is 11.7. The molecule has 0 aromatic rings. The summed E-state index contributed by atoms with van der Waals surface area (Å²) in [5, 5.41) is 9.29. The molecule has 0 amide bonds. The van der Waals surface area contributed by atoms with Gasteiger partial charge in [-0.25, -0.2) is 0 Å². The number of esters is 1. The van der Waals surface area contributed by atoms with E-state index in [1.165, 1.54) is 8.61 Å². The second kappa shape index (κ2) is 7.04. The lowest BCUT2D eigenvalue weighted by Gasteiger charge is -2.34. The molecule has 0 spiro atoms. The van der Waals surface area contributed by atoms with Crippen LogP contribution < -0.4 is 0 Å². The molecule has 0 saturated carbocycles. The second-order valence-corrected chi connectivity index (χ2v) is 7.40. The fraction of sp³-hybridized carbons (Fsp3) is 0.923. The van der Waals surface area contributed by atoms with Gasteiger partial charge < -0.3 is 9.84 Å². The highest BCUT2D eigenvalue weighted by Gasteiger charge is 2.40. The van der Waals surface area contributed by atoms with Crippen molar-refractivity contribution < 1.29 is 23.1 Å². The molecule has 1 unspecified atom stereocenters. The monoisotopic (exact) mass is 320 g/mol. The van der Waals surface area contributed by atoms with E-state index < -0.39 is 10.2 Å². The van der Waals surface area contributed by atoms with Crippen LogP contribution in [0.5, 0.6) is 0 Å². The van der Waals surface area contributed by atoms with Crippen molar-refractivity contribution in [3.63, 3.8) is 0 Å². The molecular formula is C13H24N2O5S. The van der Waals surface area contributed by atoms with E-state index >= 15 is 0 Å². The van der Waals surface area contributed by atoms with E-state index in [4.69, 9.17) is 4.74 Å². The van der Waals surface area contributed by atoms with E-state index in [0.717, 1.165) is 6.42 Å². The van der Waals surface area contributed by atoms with E-state index in [2.05, 4.69) is 0 Å². The number of aliphatic hydroxyl groups is 1. The summed E-state index contributed by atoms with van der Waals surface area (Å²) in [6.07, 6.45) is 2.48. The SMILES string of the molecule is CCOC(=O)C1CCN(S(=O)(=O)N2CCCC2CO)CC1. The van der Waals surface area contributed by atoms with Crippen molar-refractivity contribution in [1.29, 1.82) is 0 Å². The maximum Gasteiger partial charge on any atom is 0.309 e. The Morgan fingerprint density at radius 1 is 1.24 bits per heavy atom. The smallest absolute Gasteiger partial charge is 0.309 e. The van der Waals surface area contributed by atoms with Crippen LogP contribution in [-0.2, 0) is 19.7 Å². The Hall–Kier alpha value is -0.700. The van der Waals surface area contributed by atoms with Crippen molar-refractivity contribution in [1.82, 2.24) is 8.61 Å². The van der Waals surface area contributed by atoms with E-state index in [1.807, 2.05) is 0 Å². The first-order valence-corrected chi connectivity index (χ1v) is 8.94. The highest BCUT2D eigenvalue weighted by atomic mass is 32.2. The van der Waals surface area contributed by atoms with Crippen molar-refractivity contribution in [2.75, 3.05) is 32.8 Å². The van der Waals surface area contributed by atoms with Crippen LogP contribution in [0, 0.1) is 5.92 Å². The molecule has 1 N–H and O–H groups in total. The largest absolute Gasteiger partial charge is 0.466 e. The number of aliphatic hydroxyl groups excluding tert-OH is 1. The van der Waals surface area contributed by atoms with Gasteiger partial charge in [0, 0.05) is 25.7 Å². The molecule has 21 heavy (non-hydrogen) atoms. The summed E-state index contributed by atoms with van der Waals surface area (Å²) >= 11 is 0. The molecule has 2 heterocycles. The topological polar surface area (TPSA) is 87.2 Å². The third-order valence-corrected chi connectivity index (χ3v) is 6.32. The van der Waals surface area contributed by atoms with Gasteiger partial charge in [0.15, 0.2) is 0 Å². The Morgan fingerprint density at radius 2 is 1.90 bits per heavy atom. The third kappa shape index (κ3) is 3.56. The molecule has 2 aliphatic heterocycles. The van der Waals surface area contributed by atoms with Crippen LogP contribution in [0.25, 0.3) is 0 Å². The average molecular weight is 320 g/mol. The van der Waals surface area contributed by atoms with Crippen molar-refractivity contribution >= 4 is 16.2 Å². The van der Waals surface area contributed by atoms with Crippen LogP contribution in [0.3, 0.4) is 0 Å². The van der Waals surface area contributed by atoms with Gasteiger partial charge in [0.2, 0.25) is 0 Å². The van der Waals surface area contributed by atoms with Crippen molar-refractivity contribution in [3.05, 3.63) is 0 Å². The lowest BCUT2D eigenvalue weighted by Crippen LogP contribution is -2.50. The summed E-state index contributed by atoms with van der Waals surface area (Å²) in [5.74, 6) is -0.437. The zero-order chi connectivity index (χ0) is 15.5. The predicted molar refractivity (Wildman–Crippen MR) is 76.7 cm³/mol. The zero-order valence-corrected chi connectivity index (χ0v) is 13.2. The Morgan fingerprint density at radius 3 is 2.48 bits per heavy atom. The minimum atomic E-state index is -3.53. The molecule has 2 fully saturated rings. The molecule has 122 valence electrons. The lowest BCUT2D eigenvalue weighted by atomic mass is 9.98. The normalized spacial score (nSPS) is 26.1. The number of piperidine rings is 1. The second-order valence-electron chi connectivity index (χ2n) is 5.52. The van der Waals surface area contributed by atoms with Crippen LogP contribution in [-0.4, -0.2) is 67.0 Å². The molecule has 1 atom stereocenters. The lowest BCUT2D eigenvalue weighted by molar-refractivity contribution is -0.149. The zero-order valence-electron chi connectivity index (χ0n) is 12.4. The highest BCUT2D eigenvalue weighted by molar-refractivity contribution is 7.86. The molecule has 0 radical (unpaired) electrons. The first-order chi connectivity index (χ1) is 10.0. The number of hydrogen-bond donors (Lipinski definition) is 1. The predicted octanol–water partition coefficient (Wildman–Crippen LogP) is -0.0370. The van der Waals surface area contributed by atoms with Gasteiger partial charge >= 0.3 is 5.97 Å². The summed E-state index contributed by atoms with van der Waals surface area (Å²) in [6, 6.07) is -0.308. The van der Waals surface area contributed by atoms with E-state index in [-0.39, 0.29) is 24.5 Å². The van der Waals surface area contributed by atoms with Crippen molar-refractivity contribution in [3.8, 4) is 0 Å². The molecular weight excluding hydrogens is 296 g/mol. The Balaban J connectivity index is 1.96. The molecule has 0 aromatic heterocycles. The van der Waals surface area contributed by atoms with Gasteiger partial charge in [-0.2, -0.15) is 17.0 Å². The highest BCUT2D eigenvalue weighted by Crippen LogP contribution is 2.27. The van der Waals surface area contributed by atoms with Gasteiger partial charge in [0.25, 0.3) is 10.2 Å². The van der Waals surface area contributed by atoms with Crippen LogP contribution in [0.2, 0.25) is 0 Å². The summed E-state index contributed by atoms with van der Waals surface area (Å²) < 4.78 is 33.0. The standard InChI is InChI=1S/C13H24N2O5S/c1-2-20-13(17)11-5-8-14(9-6-11)21(18,19)15-7-3-4-12(15)10-16/h11-12,16H,2-10H2,1H3. The average Bonchev–Trinajstić information content (AvgIpc) is 2.97. The van der Waals surface area contributed by atoms with E-state index in [9.17, 15) is 18.3 Å². The molecule has 2 aliphatic rings. The number of nitrogens with zero attached hydrogens (tertiary/aromatic N) is 2. The van der Waals surface area contributed by atoms with Gasteiger partial charge in [-0.1, -0.05) is 0 Å². The summed E-state index contributed by atoms with van der Waals surface area (Å²) in [5.41, 5.74) is 0. The van der Waals surface area contributed by atoms with E-state index in [1.54, 1.807) is 6.92 Å². The fourth-order valence-electron chi connectivity index (χ4n) is 3.03. The molecule has 7 nitrogen and oxygen atoms in total. The Kier molecular flexibility index (Phi) is 5.59. The number of carbonyl (C=O) groups excluding carboxylic acids is 1. The Labute approximate surface area is 126 Å². The number of hydrogen-bond acceptors (Lipinski definition) is 5. The first-order valence-electron chi connectivity index (χ1n) is 7.55. The number of rotatable bonds is 5. The van der Waals surface area contributed by atoms with Gasteiger partial charge in [-0.3, -0.25) is 4.79 Å². The van der Waals surface area contributed by atoms with Gasteiger partial charge in [0.1, 0.15) is 0 Å². The number of carbonyl (C=O) groups is 1. The van der Waals surface area contributed by atoms with Gasteiger partial charge in [-0.05, 0) is 32.6 Å². The van der Waals surface area contributed by atoms with E-state index in [0.29, 0.717) is 45.5 Å². The maximum absolute atomic E-state index is 12.6. The quantitative estimate of drug-likeness (QED) is 0.719. The van der Waals surface area contributed by atoms with Crippen LogP contribution in [0.1, 0.15) is 32.6 Å². The van der Waals surface area contributed by atoms with Crippen LogP contribution in [0.4, 0.5) is 0 Å². The molecule has 8 heteroatoms. The van der Waals surface area contributed by atoms with Crippen molar-refractivity contribution in [2.24, 2.45) is 5.92 Å². The summed E-state index contributed by atoms with van der Waals surface area (Å²) in [6.45, 7) is 3.11. The number of ether oxygens (including phenoxy) is 1. The van der Waals surface area contributed by atoms with Crippen molar-refractivity contribution in [2.45, 2.75) is 38.6 Å². The fourth-order valence-corrected chi connectivity index (χ4v) is 4.90. The van der Waals surface area contributed by atoms with Crippen LogP contribution >= 0.6 is 0 Å². The summed E-state index contributed by atoms with van der Waals surface area (Å²) in [7, 11) is -3.53. The minimum Gasteiger partial charge on any atom is -0.466 e. The maximum atomic E-state index is 12.6. The van der Waals surface area contributed by atoms with Gasteiger partial charge in [0.05, 0.1) is 19.1 Å². The Bertz CT molecular complexity index is 459. The van der Waals surface area contributed by atoms with Gasteiger partial charge in [-0.15, -0.1) is 0 Å². The molecule has 0 aromatic carbocycles. The first kappa shape index (κ1) is 16.7. The van der Waals surface area contributed by atoms with Crippen LogP contribution in [0.15, 0.2) is 0 Å². The third-order valence-electron chi connectivity index (χ3n) is 4.23. The minimum absolute atomic E-state index is 0.140. The molecule has 2 saturated heterocycles. The molecule has 0 aliphatic carbocycles. The molecule has 2 rings (SSSR count).